The average molecular weight is 458 g/mol. The van der Waals surface area contributed by atoms with Crippen molar-refractivity contribution in [2.45, 2.75) is 26.4 Å². The summed E-state index contributed by atoms with van der Waals surface area (Å²) >= 11 is 0. The van der Waals surface area contributed by atoms with Crippen molar-refractivity contribution in [3.05, 3.63) is 53.3 Å². The highest BCUT2D eigenvalue weighted by Crippen LogP contribution is 2.34. The Morgan fingerprint density at radius 2 is 1.79 bits per heavy atom. The second kappa shape index (κ2) is 10.3. The molecule has 4 rings (SSSR count). The fraction of sp³-hybridized carbons (Fsp3) is 0.480. The lowest BCUT2D eigenvalue weighted by Gasteiger charge is -2.36. The van der Waals surface area contributed by atoms with E-state index in [0.29, 0.717) is 32.8 Å². The zero-order valence-electron chi connectivity index (χ0n) is 19.5. The number of urea groups is 1. The molecule has 0 spiro atoms. The minimum absolute atomic E-state index is 0.0706. The largest absolute Gasteiger partial charge is 0.494 e. The van der Waals surface area contributed by atoms with Gasteiger partial charge in [0.1, 0.15) is 13.2 Å². The van der Waals surface area contributed by atoms with E-state index in [0.717, 1.165) is 35.7 Å². The molecule has 0 saturated carbocycles. The lowest BCUT2D eigenvalue weighted by molar-refractivity contribution is 0.131. The predicted molar refractivity (Wildman–Crippen MR) is 123 cm³/mol. The first-order valence-corrected chi connectivity index (χ1v) is 11.4. The monoisotopic (exact) mass is 457 g/mol. The molecule has 1 unspecified atom stereocenters. The molecule has 2 aliphatic heterocycles. The van der Waals surface area contributed by atoms with Gasteiger partial charge in [-0.25, -0.2) is 9.18 Å². The number of hydrogen-bond donors (Lipinski definition) is 1. The van der Waals surface area contributed by atoms with E-state index in [1.807, 2.05) is 29.2 Å². The second-order valence-corrected chi connectivity index (χ2v) is 8.81. The summed E-state index contributed by atoms with van der Waals surface area (Å²) in [6, 6.07) is 10.7. The van der Waals surface area contributed by atoms with Crippen molar-refractivity contribution in [1.82, 2.24) is 15.1 Å². The van der Waals surface area contributed by atoms with Crippen LogP contribution in [0, 0.1) is 11.7 Å². The van der Waals surface area contributed by atoms with Gasteiger partial charge in [0, 0.05) is 32.7 Å². The standard InChI is InChI=1S/C25H32FN3O4/c1-17(2)24(19-5-7-22-23(15-19)33-13-12-32-22)27-25(30)29-10-8-28(9-11-29)16-18-4-6-21(31-3)20(26)14-18/h4-7,14-15,17,24H,8-13,16H2,1-3H3,(H,27,30). The van der Waals surface area contributed by atoms with Gasteiger partial charge < -0.3 is 24.4 Å². The lowest BCUT2D eigenvalue weighted by Crippen LogP contribution is -2.52. The molecule has 1 saturated heterocycles. The van der Waals surface area contributed by atoms with Crippen LogP contribution in [0.15, 0.2) is 36.4 Å². The first-order valence-electron chi connectivity index (χ1n) is 11.4. The highest BCUT2D eigenvalue weighted by atomic mass is 19.1. The van der Waals surface area contributed by atoms with Crippen molar-refractivity contribution in [3.8, 4) is 17.2 Å². The summed E-state index contributed by atoms with van der Waals surface area (Å²) in [6.07, 6.45) is 0. The SMILES string of the molecule is COc1ccc(CN2CCN(C(=O)NC(c3ccc4c(c3)OCCO4)C(C)C)CC2)cc1F. The molecule has 33 heavy (non-hydrogen) atoms. The fourth-order valence-electron chi connectivity index (χ4n) is 4.29. The molecule has 1 fully saturated rings. The van der Waals surface area contributed by atoms with E-state index in [9.17, 15) is 9.18 Å². The number of hydrogen-bond acceptors (Lipinski definition) is 5. The molecule has 7 nitrogen and oxygen atoms in total. The Bertz CT molecular complexity index is 976. The van der Waals surface area contributed by atoms with Crippen LogP contribution < -0.4 is 19.5 Å². The Morgan fingerprint density at radius 1 is 1.06 bits per heavy atom. The van der Waals surface area contributed by atoms with Gasteiger partial charge in [-0.05, 0) is 41.3 Å². The number of halogens is 1. The molecule has 0 aliphatic carbocycles. The highest BCUT2D eigenvalue weighted by molar-refractivity contribution is 5.75. The molecule has 0 bridgehead atoms. The molecule has 1 atom stereocenters. The number of amides is 2. The molecule has 2 heterocycles. The van der Waals surface area contributed by atoms with Gasteiger partial charge in [-0.15, -0.1) is 0 Å². The minimum Gasteiger partial charge on any atom is -0.494 e. The van der Waals surface area contributed by atoms with Gasteiger partial charge in [0.25, 0.3) is 0 Å². The minimum atomic E-state index is -0.355. The Balaban J connectivity index is 1.33. The van der Waals surface area contributed by atoms with E-state index in [1.54, 1.807) is 6.07 Å². The summed E-state index contributed by atoms with van der Waals surface area (Å²) in [7, 11) is 1.46. The van der Waals surface area contributed by atoms with Crippen molar-refractivity contribution in [3.63, 3.8) is 0 Å². The number of carbonyl (C=O) groups is 1. The Labute approximate surface area is 194 Å². The van der Waals surface area contributed by atoms with Gasteiger partial charge in [0.2, 0.25) is 0 Å². The molecule has 2 amide bonds. The third-order valence-corrected chi connectivity index (χ3v) is 6.15. The van der Waals surface area contributed by atoms with Crippen molar-refractivity contribution < 1.29 is 23.4 Å². The number of methoxy groups -OCH3 is 1. The van der Waals surface area contributed by atoms with E-state index in [2.05, 4.69) is 24.1 Å². The molecule has 178 valence electrons. The van der Waals surface area contributed by atoms with Crippen molar-refractivity contribution in [2.24, 2.45) is 5.92 Å². The predicted octanol–water partition coefficient (Wildman–Crippen LogP) is 3.83. The third kappa shape index (κ3) is 5.50. The fourth-order valence-corrected chi connectivity index (χ4v) is 4.29. The number of benzene rings is 2. The summed E-state index contributed by atoms with van der Waals surface area (Å²) in [5.41, 5.74) is 1.90. The average Bonchev–Trinajstić information content (AvgIpc) is 2.82. The quantitative estimate of drug-likeness (QED) is 0.714. The van der Waals surface area contributed by atoms with Gasteiger partial charge in [-0.3, -0.25) is 4.90 Å². The maximum Gasteiger partial charge on any atom is 0.317 e. The van der Waals surface area contributed by atoms with Crippen LogP contribution in [0.3, 0.4) is 0 Å². The van der Waals surface area contributed by atoms with Crippen LogP contribution in [0.25, 0.3) is 0 Å². The third-order valence-electron chi connectivity index (χ3n) is 6.15. The van der Waals surface area contributed by atoms with Gasteiger partial charge >= 0.3 is 6.03 Å². The van der Waals surface area contributed by atoms with Crippen LogP contribution in [-0.2, 0) is 6.54 Å². The maximum atomic E-state index is 14.0. The van der Waals surface area contributed by atoms with E-state index in [-0.39, 0.29) is 29.6 Å². The summed E-state index contributed by atoms with van der Waals surface area (Å²) < 4.78 is 30.3. The smallest absolute Gasteiger partial charge is 0.317 e. The number of piperazine rings is 1. The molecule has 8 heteroatoms. The normalized spacial score (nSPS) is 17.1. The zero-order chi connectivity index (χ0) is 23.4. The Hall–Kier alpha value is -3.00. The van der Waals surface area contributed by atoms with Crippen molar-refractivity contribution in [1.29, 1.82) is 0 Å². The van der Waals surface area contributed by atoms with E-state index < -0.39 is 0 Å². The molecular formula is C25H32FN3O4. The summed E-state index contributed by atoms with van der Waals surface area (Å²) in [5, 5.41) is 3.20. The van der Waals surface area contributed by atoms with Gasteiger partial charge in [-0.1, -0.05) is 26.0 Å². The van der Waals surface area contributed by atoms with Gasteiger partial charge in [0.15, 0.2) is 23.1 Å². The zero-order valence-corrected chi connectivity index (χ0v) is 19.5. The highest BCUT2D eigenvalue weighted by Gasteiger charge is 2.26. The second-order valence-electron chi connectivity index (χ2n) is 8.81. The molecular weight excluding hydrogens is 425 g/mol. The molecule has 2 aromatic rings. The van der Waals surface area contributed by atoms with Crippen LogP contribution in [0.4, 0.5) is 9.18 Å². The first-order chi connectivity index (χ1) is 15.9. The molecule has 2 aliphatic rings. The maximum absolute atomic E-state index is 14.0. The number of rotatable bonds is 6. The molecule has 0 aromatic heterocycles. The van der Waals surface area contributed by atoms with E-state index in [1.165, 1.54) is 13.2 Å². The summed E-state index contributed by atoms with van der Waals surface area (Å²) in [6.45, 7) is 8.62. The molecule has 0 radical (unpaired) electrons. The molecule has 2 aromatic carbocycles. The van der Waals surface area contributed by atoms with E-state index in [4.69, 9.17) is 14.2 Å². The summed E-state index contributed by atoms with van der Waals surface area (Å²) in [5.74, 6) is 1.57. The number of fused-ring (bicyclic) bond motifs is 1. The number of nitrogens with one attached hydrogen (secondary N) is 1. The van der Waals surface area contributed by atoms with Gasteiger partial charge in [-0.2, -0.15) is 0 Å². The number of ether oxygens (including phenoxy) is 3. The Morgan fingerprint density at radius 3 is 2.45 bits per heavy atom. The van der Waals surface area contributed by atoms with Crippen molar-refractivity contribution in [2.75, 3.05) is 46.5 Å². The number of carbonyl (C=O) groups excluding carboxylic acids is 1. The van der Waals surface area contributed by atoms with E-state index >= 15 is 0 Å². The van der Waals surface area contributed by atoms with Crippen LogP contribution in [0.1, 0.15) is 31.0 Å². The molecule has 1 N–H and O–H groups in total. The summed E-state index contributed by atoms with van der Waals surface area (Å²) in [4.78, 5) is 17.1. The van der Waals surface area contributed by atoms with Crippen LogP contribution >= 0.6 is 0 Å². The van der Waals surface area contributed by atoms with Gasteiger partial charge in [0.05, 0.1) is 13.2 Å². The van der Waals surface area contributed by atoms with Crippen molar-refractivity contribution >= 4 is 6.03 Å². The van der Waals surface area contributed by atoms with Crippen LogP contribution in [0.2, 0.25) is 0 Å². The lowest BCUT2D eigenvalue weighted by atomic mass is 9.95. The van der Waals surface area contributed by atoms with Crippen LogP contribution in [0.5, 0.6) is 17.2 Å². The Kier molecular flexibility index (Phi) is 7.23. The first kappa shape index (κ1) is 23.2. The topological polar surface area (TPSA) is 63.3 Å². The van der Waals surface area contributed by atoms with Crippen LogP contribution in [-0.4, -0.2) is 62.3 Å². The number of nitrogens with zero attached hydrogens (tertiary/aromatic N) is 2.